The fourth-order valence-electron chi connectivity index (χ4n) is 2.80. The molecule has 0 fully saturated rings. The van der Waals surface area contributed by atoms with Crippen LogP contribution in [0, 0.1) is 29.1 Å². The van der Waals surface area contributed by atoms with Gasteiger partial charge in [0.15, 0.2) is 28.2 Å². The second-order valence-corrected chi connectivity index (χ2v) is 7.35. The third-order valence-corrected chi connectivity index (χ3v) is 5.49. The van der Waals surface area contributed by atoms with E-state index in [4.69, 9.17) is 0 Å². The van der Waals surface area contributed by atoms with Crippen molar-refractivity contribution in [1.82, 2.24) is 19.8 Å². The van der Waals surface area contributed by atoms with Crippen LogP contribution in [0.1, 0.15) is 17.0 Å². The highest BCUT2D eigenvalue weighted by molar-refractivity contribution is 7.89. The van der Waals surface area contributed by atoms with Crippen LogP contribution in [-0.4, -0.2) is 24.7 Å². The summed E-state index contributed by atoms with van der Waals surface area (Å²) in [4.78, 5) is -1.92. The summed E-state index contributed by atoms with van der Waals surface area (Å²) in [5.74, 6) is -11.9. The van der Waals surface area contributed by atoms with Crippen molar-refractivity contribution < 1.29 is 30.4 Å². The van der Waals surface area contributed by atoms with Gasteiger partial charge < -0.3 is 5.32 Å². The number of hydrogen-bond acceptors (Lipinski definition) is 4. The van der Waals surface area contributed by atoms with E-state index in [-0.39, 0.29) is 0 Å². The van der Waals surface area contributed by atoms with E-state index in [1.807, 2.05) is 4.72 Å². The molecule has 0 saturated carbocycles. The lowest BCUT2D eigenvalue weighted by Gasteiger charge is -2.14. The molecular weight excluding hydrogens is 383 g/mol. The smallest absolute Gasteiger partial charge is 0.247 e. The van der Waals surface area contributed by atoms with Gasteiger partial charge in [-0.15, -0.1) is 0 Å². The Balaban J connectivity index is 1.94. The number of fused-ring (bicyclic) bond motifs is 1. The predicted octanol–water partition coefficient (Wildman–Crippen LogP) is 1.24. The highest BCUT2D eigenvalue weighted by Crippen LogP contribution is 2.27. The minimum atomic E-state index is -5.02. The Hall–Kier alpha value is -2.05. The molecule has 1 aliphatic heterocycles. The molecule has 2 N–H and O–H groups in total. The van der Waals surface area contributed by atoms with E-state index in [9.17, 15) is 30.4 Å². The van der Waals surface area contributed by atoms with Crippen molar-refractivity contribution in [3.05, 3.63) is 46.0 Å². The quantitative estimate of drug-likeness (QED) is 0.463. The van der Waals surface area contributed by atoms with Crippen LogP contribution in [0.2, 0.25) is 0 Å². The molecule has 0 saturated heterocycles. The first-order valence-corrected chi connectivity index (χ1v) is 8.89. The standard InChI is InChI=1S/C14H13F5N4O2S/c1-23-8-2-3-20-4-6(8)7(22-23)5-21-26(24,25)14-12(18)10(16)9(15)11(17)13(14)19/h20-21H,2-5H2,1H3. The van der Waals surface area contributed by atoms with Gasteiger partial charge in [0.1, 0.15) is 0 Å². The van der Waals surface area contributed by atoms with Gasteiger partial charge in [-0.3, -0.25) is 4.68 Å². The molecule has 26 heavy (non-hydrogen) atoms. The van der Waals surface area contributed by atoms with Crippen molar-refractivity contribution in [1.29, 1.82) is 0 Å². The van der Waals surface area contributed by atoms with Crippen LogP contribution >= 0.6 is 0 Å². The van der Waals surface area contributed by atoms with E-state index < -0.39 is 50.5 Å². The molecule has 0 bridgehead atoms. The molecule has 1 aliphatic rings. The van der Waals surface area contributed by atoms with Crippen molar-refractivity contribution in [2.24, 2.45) is 7.05 Å². The average molecular weight is 396 g/mol. The maximum Gasteiger partial charge on any atom is 0.247 e. The monoisotopic (exact) mass is 396 g/mol. The second-order valence-electron chi connectivity index (χ2n) is 5.65. The highest BCUT2D eigenvalue weighted by Gasteiger charge is 2.33. The minimum absolute atomic E-state index is 0.294. The summed E-state index contributed by atoms with van der Waals surface area (Å²) in [6.07, 6.45) is 0.656. The van der Waals surface area contributed by atoms with Gasteiger partial charge >= 0.3 is 0 Å². The summed E-state index contributed by atoms with van der Waals surface area (Å²) in [5.41, 5.74) is 1.88. The number of aromatic nitrogens is 2. The van der Waals surface area contributed by atoms with Crippen molar-refractivity contribution in [3.63, 3.8) is 0 Å². The highest BCUT2D eigenvalue weighted by atomic mass is 32.2. The van der Waals surface area contributed by atoms with Crippen molar-refractivity contribution in [3.8, 4) is 0 Å². The number of halogens is 5. The van der Waals surface area contributed by atoms with E-state index >= 15 is 0 Å². The lowest BCUT2D eigenvalue weighted by Crippen LogP contribution is -2.28. The fraction of sp³-hybridized carbons (Fsp3) is 0.357. The number of sulfonamides is 1. The molecule has 6 nitrogen and oxygen atoms in total. The van der Waals surface area contributed by atoms with Crippen LogP contribution < -0.4 is 10.0 Å². The molecule has 2 heterocycles. The Morgan fingerprint density at radius 1 is 1.08 bits per heavy atom. The molecule has 0 atom stereocenters. The summed E-state index contributed by atoms with van der Waals surface area (Å²) in [5, 5.41) is 7.21. The van der Waals surface area contributed by atoms with E-state index in [1.54, 1.807) is 11.7 Å². The van der Waals surface area contributed by atoms with Crippen LogP contribution in [0.4, 0.5) is 22.0 Å². The van der Waals surface area contributed by atoms with Crippen LogP contribution in [-0.2, 0) is 36.6 Å². The lowest BCUT2D eigenvalue weighted by atomic mass is 10.1. The van der Waals surface area contributed by atoms with Crippen LogP contribution in [0.25, 0.3) is 0 Å². The number of benzene rings is 1. The zero-order chi connectivity index (χ0) is 19.2. The first kappa shape index (κ1) is 18.7. The number of nitrogens with zero attached hydrogens (tertiary/aromatic N) is 2. The molecule has 0 radical (unpaired) electrons. The predicted molar refractivity (Wildman–Crippen MR) is 78.9 cm³/mol. The summed E-state index contributed by atoms with van der Waals surface area (Å²) >= 11 is 0. The number of nitrogens with one attached hydrogen (secondary N) is 2. The van der Waals surface area contributed by atoms with E-state index in [1.165, 1.54) is 0 Å². The summed E-state index contributed by atoms with van der Waals surface area (Å²) in [6, 6.07) is 0. The lowest BCUT2D eigenvalue weighted by molar-refractivity contribution is 0.357. The molecule has 12 heteroatoms. The number of hydrogen-bond donors (Lipinski definition) is 2. The van der Waals surface area contributed by atoms with Gasteiger partial charge in [0.25, 0.3) is 0 Å². The molecule has 3 rings (SSSR count). The fourth-order valence-corrected chi connectivity index (χ4v) is 3.92. The maximum absolute atomic E-state index is 13.7. The minimum Gasteiger partial charge on any atom is -0.312 e. The largest absolute Gasteiger partial charge is 0.312 e. The van der Waals surface area contributed by atoms with E-state index in [0.717, 1.165) is 11.3 Å². The van der Waals surface area contributed by atoms with Gasteiger partial charge in [-0.1, -0.05) is 0 Å². The zero-order valence-corrected chi connectivity index (χ0v) is 14.2. The molecule has 1 aromatic carbocycles. The van der Waals surface area contributed by atoms with Crippen LogP contribution in [0.3, 0.4) is 0 Å². The molecule has 142 valence electrons. The van der Waals surface area contributed by atoms with Gasteiger partial charge in [0, 0.05) is 37.8 Å². The van der Waals surface area contributed by atoms with Gasteiger partial charge in [-0.25, -0.2) is 35.1 Å². The Bertz CT molecular complexity index is 961. The maximum atomic E-state index is 13.7. The normalized spacial score (nSPS) is 14.5. The molecule has 0 amide bonds. The summed E-state index contributed by atoms with van der Waals surface area (Å²) in [7, 11) is -3.36. The second kappa shape index (κ2) is 6.59. The van der Waals surface area contributed by atoms with Gasteiger partial charge in [0.05, 0.1) is 12.2 Å². The molecule has 0 spiro atoms. The third-order valence-electron chi connectivity index (χ3n) is 4.07. The third kappa shape index (κ3) is 2.97. The topological polar surface area (TPSA) is 76.0 Å². The molecular formula is C14H13F5N4O2S. The molecule has 2 aromatic rings. The first-order valence-electron chi connectivity index (χ1n) is 7.40. The average Bonchev–Trinajstić information content (AvgIpc) is 2.93. The summed E-state index contributed by atoms with van der Waals surface area (Å²) < 4.78 is 94.7. The molecule has 0 unspecified atom stereocenters. The Labute approximate surface area is 145 Å². The van der Waals surface area contributed by atoms with Crippen molar-refractivity contribution in [2.45, 2.75) is 24.4 Å². The first-order chi connectivity index (χ1) is 12.1. The van der Waals surface area contributed by atoms with Gasteiger partial charge in [-0.05, 0) is 0 Å². The Morgan fingerprint density at radius 3 is 2.27 bits per heavy atom. The van der Waals surface area contributed by atoms with Crippen molar-refractivity contribution in [2.75, 3.05) is 6.54 Å². The van der Waals surface area contributed by atoms with Gasteiger partial charge in [-0.2, -0.15) is 5.10 Å². The number of aryl methyl sites for hydroxylation is 1. The SMILES string of the molecule is Cn1nc(CNS(=O)(=O)c2c(F)c(F)c(F)c(F)c2F)c2c1CCNC2. The summed E-state index contributed by atoms with van der Waals surface area (Å²) in [6.45, 7) is 0.664. The molecule has 0 aliphatic carbocycles. The van der Waals surface area contributed by atoms with Crippen LogP contribution in [0.15, 0.2) is 4.90 Å². The molecule has 1 aromatic heterocycles. The number of rotatable bonds is 4. The zero-order valence-electron chi connectivity index (χ0n) is 13.3. The Morgan fingerprint density at radius 2 is 1.65 bits per heavy atom. The van der Waals surface area contributed by atoms with Crippen molar-refractivity contribution >= 4 is 10.0 Å². The van der Waals surface area contributed by atoms with Crippen LogP contribution in [0.5, 0.6) is 0 Å². The van der Waals surface area contributed by atoms with Gasteiger partial charge in [0.2, 0.25) is 15.8 Å². The van der Waals surface area contributed by atoms with E-state index in [0.29, 0.717) is 25.2 Å². The Kier molecular flexibility index (Phi) is 4.75. The van der Waals surface area contributed by atoms with E-state index in [2.05, 4.69) is 10.4 Å².